The first-order chi connectivity index (χ1) is 17.8. The minimum atomic E-state index is -0.722. The lowest BCUT2D eigenvalue weighted by atomic mass is 10.0. The van der Waals surface area contributed by atoms with Gasteiger partial charge in [-0.3, -0.25) is 9.59 Å². The largest absolute Gasteiger partial charge is 0.484 e. The zero-order valence-corrected chi connectivity index (χ0v) is 23.9. The molecule has 0 unspecified atom stereocenters. The molecule has 1 N–H and O–H groups in total. The summed E-state index contributed by atoms with van der Waals surface area (Å²) in [7, 11) is 0. The number of aryl methyl sites for hydroxylation is 2. The van der Waals surface area contributed by atoms with Crippen molar-refractivity contribution in [1.82, 2.24) is 10.2 Å². The molecular formula is C30H34BrClN2O3. The monoisotopic (exact) mass is 584 g/mol. The molecule has 0 saturated heterocycles. The number of ether oxygens (including phenoxy) is 1. The van der Waals surface area contributed by atoms with Crippen molar-refractivity contribution in [1.29, 1.82) is 0 Å². The Hall–Kier alpha value is -2.83. The third kappa shape index (κ3) is 8.34. The molecule has 0 saturated carbocycles. The van der Waals surface area contributed by atoms with E-state index in [-0.39, 0.29) is 25.0 Å². The highest BCUT2D eigenvalue weighted by molar-refractivity contribution is 9.10. The molecule has 0 spiro atoms. The Morgan fingerprint density at radius 3 is 2.32 bits per heavy atom. The number of rotatable bonds is 12. The Morgan fingerprint density at radius 2 is 1.68 bits per heavy atom. The molecule has 196 valence electrons. The van der Waals surface area contributed by atoms with Gasteiger partial charge in [-0.2, -0.15) is 0 Å². The average molecular weight is 586 g/mol. The van der Waals surface area contributed by atoms with Gasteiger partial charge in [-0.15, -0.1) is 0 Å². The summed E-state index contributed by atoms with van der Waals surface area (Å²) < 4.78 is 6.95. The van der Waals surface area contributed by atoms with Crippen molar-refractivity contribution in [3.63, 3.8) is 0 Å². The first-order valence-corrected chi connectivity index (χ1v) is 13.7. The second-order valence-corrected chi connectivity index (χ2v) is 10.3. The zero-order valence-electron chi connectivity index (χ0n) is 21.6. The van der Waals surface area contributed by atoms with Crippen molar-refractivity contribution >= 4 is 39.3 Å². The minimum absolute atomic E-state index is 0.187. The van der Waals surface area contributed by atoms with Crippen molar-refractivity contribution in [2.75, 3.05) is 13.2 Å². The molecule has 3 aromatic carbocycles. The SMILES string of the molecule is CCCCNC(=O)[C@@H](Cc1ccccc1)N(Cc1ccccc1Cl)C(=O)COc1cc(C)c(Br)c(C)c1. The van der Waals surface area contributed by atoms with Gasteiger partial charge in [0.25, 0.3) is 5.91 Å². The van der Waals surface area contributed by atoms with Gasteiger partial charge in [-0.25, -0.2) is 0 Å². The molecule has 3 rings (SSSR count). The number of benzene rings is 3. The lowest BCUT2D eigenvalue weighted by molar-refractivity contribution is -0.142. The molecular weight excluding hydrogens is 552 g/mol. The van der Waals surface area contributed by atoms with E-state index in [1.165, 1.54) is 0 Å². The van der Waals surface area contributed by atoms with Crippen LogP contribution in [0.2, 0.25) is 5.02 Å². The molecule has 0 bridgehead atoms. The Bertz CT molecular complexity index is 1180. The van der Waals surface area contributed by atoms with Gasteiger partial charge < -0.3 is 15.0 Å². The Morgan fingerprint density at radius 1 is 1.03 bits per heavy atom. The van der Waals surface area contributed by atoms with E-state index in [2.05, 4.69) is 28.2 Å². The number of hydrogen-bond acceptors (Lipinski definition) is 3. The first-order valence-electron chi connectivity index (χ1n) is 12.5. The summed E-state index contributed by atoms with van der Waals surface area (Å²) in [4.78, 5) is 28.8. The molecule has 1 atom stereocenters. The molecule has 0 aliphatic carbocycles. The van der Waals surface area contributed by atoms with Gasteiger partial charge in [0.2, 0.25) is 5.91 Å². The zero-order chi connectivity index (χ0) is 26.8. The van der Waals surface area contributed by atoms with Gasteiger partial charge in [0, 0.05) is 29.0 Å². The number of carbonyl (C=O) groups excluding carboxylic acids is 2. The quantitative estimate of drug-likeness (QED) is 0.242. The topological polar surface area (TPSA) is 58.6 Å². The van der Waals surface area contributed by atoms with Crippen LogP contribution in [-0.4, -0.2) is 35.9 Å². The number of carbonyl (C=O) groups is 2. The predicted molar refractivity (Wildman–Crippen MR) is 153 cm³/mol. The third-order valence-electron chi connectivity index (χ3n) is 6.17. The van der Waals surface area contributed by atoms with E-state index in [9.17, 15) is 9.59 Å². The van der Waals surface area contributed by atoms with Crippen LogP contribution >= 0.6 is 27.5 Å². The molecule has 0 aliphatic heterocycles. The maximum atomic E-state index is 13.7. The maximum absolute atomic E-state index is 13.7. The summed E-state index contributed by atoms with van der Waals surface area (Å²) >= 11 is 10.0. The van der Waals surface area contributed by atoms with Gasteiger partial charge in [-0.1, -0.05) is 89.4 Å². The van der Waals surface area contributed by atoms with E-state index < -0.39 is 6.04 Å². The summed E-state index contributed by atoms with van der Waals surface area (Å²) in [5.41, 5.74) is 3.78. The van der Waals surface area contributed by atoms with Crippen LogP contribution in [0.15, 0.2) is 71.2 Å². The summed E-state index contributed by atoms with van der Waals surface area (Å²) in [5.74, 6) is 0.133. The van der Waals surface area contributed by atoms with Crippen LogP contribution in [0.3, 0.4) is 0 Å². The van der Waals surface area contributed by atoms with Crippen molar-refractivity contribution in [3.8, 4) is 5.75 Å². The third-order valence-corrected chi connectivity index (χ3v) is 7.79. The maximum Gasteiger partial charge on any atom is 0.261 e. The second kappa shape index (κ2) is 14.2. The molecule has 0 heterocycles. The van der Waals surface area contributed by atoms with E-state index in [1.54, 1.807) is 11.0 Å². The van der Waals surface area contributed by atoms with Crippen LogP contribution in [0.4, 0.5) is 0 Å². The van der Waals surface area contributed by atoms with Crippen LogP contribution in [0.1, 0.15) is 42.0 Å². The van der Waals surface area contributed by atoms with Crippen molar-refractivity contribution in [2.45, 2.75) is 52.6 Å². The Labute approximate surface area is 233 Å². The molecule has 0 radical (unpaired) electrons. The minimum Gasteiger partial charge on any atom is -0.484 e. The molecule has 5 nitrogen and oxygen atoms in total. The molecule has 0 fully saturated rings. The lowest BCUT2D eigenvalue weighted by Gasteiger charge is -2.31. The van der Waals surface area contributed by atoms with E-state index in [0.29, 0.717) is 23.7 Å². The highest BCUT2D eigenvalue weighted by Gasteiger charge is 2.31. The molecule has 0 aromatic heterocycles. The Balaban J connectivity index is 1.91. The van der Waals surface area contributed by atoms with Gasteiger partial charge >= 0.3 is 0 Å². The molecule has 7 heteroatoms. The van der Waals surface area contributed by atoms with Crippen LogP contribution in [0.25, 0.3) is 0 Å². The van der Waals surface area contributed by atoms with Crippen LogP contribution in [0.5, 0.6) is 5.75 Å². The highest BCUT2D eigenvalue weighted by atomic mass is 79.9. The highest BCUT2D eigenvalue weighted by Crippen LogP contribution is 2.27. The standard InChI is InChI=1S/C30H34BrClN2O3/c1-4-5-15-33-30(36)27(18-23-11-7-6-8-12-23)34(19-24-13-9-10-14-26(24)32)28(35)20-37-25-16-21(2)29(31)22(3)17-25/h6-14,16-17,27H,4-5,15,18-20H2,1-3H3,(H,33,36)/t27-/m1/s1. The van der Waals surface area contributed by atoms with Gasteiger partial charge in [-0.05, 0) is 60.7 Å². The number of unbranched alkanes of at least 4 members (excludes halogenated alkanes) is 1. The van der Waals surface area contributed by atoms with Crippen molar-refractivity contribution in [2.24, 2.45) is 0 Å². The second-order valence-electron chi connectivity index (χ2n) is 9.12. The van der Waals surface area contributed by atoms with E-state index >= 15 is 0 Å². The van der Waals surface area contributed by atoms with Crippen molar-refractivity contribution in [3.05, 3.63) is 98.5 Å². The molecule has 3 aromatic rings. The number of hydrogen-bond donors (Lipinski definition) is 1. The fraction of sp³-hybridized carbons (Fsp3) is 0.333. The summed E-state index contributed by atoms with van der Waals surface area (Å²) in [6, 6.07) is 20.2. The van der Waals surface area contributed by atoms with E-state index in [0.717, 1.165) is 39.6 Å². The van der Waals surface area contributed by atoms with Crippen LogP contribution < -0.4 is 10.1 Å². The van der Waals surface area contributed by atoms with Gasteiger partial charge in [0.1, 0.15) is 11.8 Å². The van der Waals surface area contributed by atoms with Crippen LogP contribution in [-0.2, 0) is 22.6 Å². The summed E-state index contributed by atoms with van der Waals surface area (Å²) in [6.45, 7) is 6.59. The summed E-state index contributed by atoms with van der Waals surface area (Å²) in [5, 5.41) is 3.57. The average Bonchev–Trinajstić information content (AvgIpc) is 2.89. The fourth-order valence-electron chi connectivity index (χ4n) is 4.09. The van der Waals surface area contributed by atoms with E-state index in [1.807, 2.05) is 74.5 Å². The van der Waals surface area contributed by atoms with Crippen molar-refractivity contribution < 1.29 is 14.3 Å². The number of halogens is 2. The first kappa shape index (κ1) is 28.7. The molecule has 2 amide bonds. The molecule has 37 heavy (non-hydrogen) atoms. The number of nitrogens with one attached hydrogen (secondary N) is 1. The normalized spacial score (nSPS) is 11.6. The smallest absolute Gasteiger partial charge is 0.261 e. The fourth-order valence-corrected chi connectivity index (χ4v) is 4.51. The molecule has 0 aliphatic rings. The number of amides is 2. The van der Waals surface area contributed by atoms with E-state index in [4.69, 9.17) is 16.3 Å². The van der Waals surface area contributed by atoms with Gasteiger partial charge in [0.05, 0.1) is 0 Å². The Kier molecular flexibility index (Phi) is 11.0. The number of nitrogens with zero attached hydrogens (tertiary/aromatic N) is 1. The lowest BCUT2D eigenvalue weighted by Crippen LogP contribution is -2.51. The summed E-state index contributed by atoms with van der Waals surface area (Å²) in [6.07, 6.45) is 2.21. The predicted octanol–water partition coefficient (Wildman–Crippen LogP) is 6.65. The van der Waals surface area contributed by atoms with Crippen LogP contribution in [0, 0.1) is 13.8 Å². The van der Waals surface area contributed by atoms with Gasteiger partial charge in [0.15, 0.2) is 6.61 Å².